The molecule has 1 rings (SSSR count). The number of benzene rings is 1. The minimum absolute atomic E-state index is 0.135. The van der Waals surface area contributed by atoms with Crippen molar-refractivity contribution in [2.75, 3.05) is 0 Å². The van der Waals surface area contributed by atoms with Crippen molar-refractivity contribution in [3.05, 3.63) is 35.4 Å². The fraction of sp³-hybridized carbons (Fsp3) is 0.385. The van der Waals surface area contributed by atoms with Crippen molar-refractivity contribution in [3.63, 3.8) is 0 Å². The van der Waals surface area contributed by atoms with Gasteiger partial charge >= 0.3 is 0 Å². The number of hydrogen-bond acceptors (Lipinski definition) is 3. The van der Waals surface area contributed by atoms with Crippen LogP contribution in [0.4, 0.5) is 0 Å². The van der Waals surface area contributed by atoms with Gasteiger partial charge in [0.1, 0.15) is 0 Å². The molecular formula is C13H17N2O2. The lowest BCUT2D eigenvalue weighted by molar-refractivity contribution is -0.121. The molecule has 0 fully saturated rings. The first kappa shape index (κ1) is 13.4. The zero-order valence-electron chi connectivity index (χ0n) is 9.90. The first-order chi connectivity index (χ1) is 8.15. The topological polar surface area (TPSA) is 72.2 Å². The molecule has 0 spiro atoms. The van der Waals surface area contributed by atoms with Crippen molar-refractivity contribution >= 4 is 12.2 Å². The summed E-state index contributed by atoms with van der Waals surface area (Å²) >= 11 is 0. The molecule has 0 aliphatic carbocycles. The van der Waals surface area contributed by atoms with Gasteiger partial charge in [0.25, 0.3) is 0 Å². The second-order valence-corrected chi connectivity index (χ2v) is 3.93. The Hall–Kier alpha value is -1.68. The zero-order chi connectivity index (χ0) is 12.7. The summed E-state index contributed by atoms with van der Waals surface area (Å²) in [5.41, 5.74) is 7.65. The van der Waals surface area contributed by atoms with Crippen LogP contribution in [0.5, 0.6) is 0 Å². The Morgan fingerprint density at radius 2 is 1.94 bits per heavy atom. The van der Waals surface area contributed by atoms with Crippen LogP contribution in [0.3, 0.4) is 0 Å². The van der Waals surface area contributed by atoms with Gasteiger partial charge in [-0.05, 0) is 24.5 Å². The van der Waals surface area contributed by atoms with Crippen LogP contribution in [0.25, 0.3) is 0 Å². The Labute approximate surface area is 101 Å². The molecule has 0 aromatic heterocycles. The Morgan fingerprint density at radius 3 is 2.47 bits per heavy atom. The maximum absolute atomic E-state index is 11.4. The van der Waals surface area contributed by atoms with Crippen LogP contribution in [-0.2, 0) is 22.6 Å². The normalized spacial score (nSPS) is 11.9. The van der Waals surface area contributed by atoms with E-state index in [2.05, 4.69) is 5.32 Å². The maximum atomic E-state index is 11.4. The molecule has 4 nitrogen and oxygen atoms in total. The minimum atomic E-state index is -0.540. The van der Waals surface area contributed by atoms with Gasteiger partial charge in [0.2, 0.25) is 12.2 Å². The fourth-order valence-electron chi connectivity index (χ4n) is 1.44. The zero-order valence-corrected chi connectivity index (χ0v) is 9.90. The van der Waals surface area contributed by atoms with E-state index >= 15 is 0 Å². The Morgan fingerprint density at radius 1 is 1.35 bits per heavy atom. The minimum Gasteiger partial charge on any atom is -0.346 e. The number of amides is 1. The second kappa shape index (κ2) is 6.81. The summed E-state index contributed by atoms with van der Waals surface area (Å²) in [6.45, 7) is 2.12. The van der Waals surface area contributed by atoms with Crippen LogP contribution in [0, 0.1) is 0 Å². The standard InChI is InChI=1S/C13H17N2O2/c1-10(9-16)15-13(17)7-6-11-2-4-12(8-14)5-3-11/h2-5,10H,6-8,14H2,1H3,(H,15,17)/t10-/m0/s1. The first-order valence-electron chi connectivity index (χ1n) is 5.60. The van der Waals surface area contributed by atoms with E-state index in [0.717, 1.165) is 11.1 Å². The van der Waals surface area contributed by atoms with Gasteiger partial charge in [-0.15, -0.1) is 0 Å². The van der Waals surface area contributed by atoms with Crippen LogP contribution in [0.15, 0.2) is 24.3 Å². The van der Waals surface area contributed by atoms with Crippen LogP contribution in [-0.4, -0.2) is 18.2 Å². The molecule has 4 heteroatoms. The van der Waals surface area contributed by atoms with Crippen molar-refractivity contribution in [2.24, 2.45) is 5.73 Å². The van der Waals surface area contributed by atoms with E-state index in [-0.39, 0.29) is 5.91 Å². The molecule has 1 atom stereocenters. The van der Waals surface area contributed by atoms with E-state index in [1.54, 1.807) is 13.2 Å². The van der Waals surface area contributed by atoms with Gasteiger partial charge in [0.05, 0.1) is 6.04 Å². The third kappa shape index (κ3) is 4.78. The van der Waals surface area contributed by atoms with Gasteiger partial charge < -0.3 is 11.1 Å². The first-order valence-corrected chi connectivity index (χ1v) is 5.60. The maximum Gasteiger partial charge on any atom is 0.222 e. The molecule has 0 unspecified atom stereocenters. The van der Waals surface area contributed by atoms with Crippen molar-refractivity contribution in [1.82, 2.24) is 5.32 Å². The molecule has 1 aromatic rings. The van der Waals surface area contributed by atoms with Gasteiger partial charge in [-0.3, -0.25) is 9.59 Å². The largest absolute Gasteiger partial charge is 0.346 e. The number of carbonyl (C=O) groups is 1. The highest BCUT2D eigenvalue weighted by molar-refractivity contribution is 5.79. The molecule has 0 bridgehead atoms. The molecule has 0 saturated carbocycles. The second-order valence-electron chi connectivity index (χ2n) is 3.93. The van der Waals surface area contributed by atoms with Crippen molar-refractivity contribution in [2.45, 2.75) is 32.4 Å². The van der Waals surface area contributed by atoms with Crippen molar-refractivity contribution in [3.8, 4) is 0 Å². The molecule has 1 aromatic carbocycles. The van der Waals surface area contributed by atoms with Crippen LogP contribution in [0.2, 0.25) is 0 Å². The predicted octanol–water partition coefficient (Wildman–Crippen LogP) is 0.692. The lowest BCUT2D eigenvalue weighted by Gasteiger charge is -2.07. The molecule has 91 valence electrons. The number of hydrogen-bond donors (Lipinski definition) is 2. The van der Waals surface area contributed by atoms with Gasteiger partial charge in [-0.25, -0.2) is 0 Å². The Balaban J connectivity index is 2.39. The van der Waals surface area contributed by atoms with Gasteiger partial charge in [-0.1, -0.05) is 24.3 Å². The van der Waals surface area contributed by atoms with Gasteiger partial charge in [-0.2, -0.15) is 0 Å². The van der Waals surface area contributed by atoms with Gasteiger partial charge in [0.15, 0.2) is 0 Å². The summed E-state index contributed by atoms with van der Waals surface area (Å²) in [5.74, 6) is -0.135. The summed E-state index contributed by atoms with van der Waals surface area (Å²) in [6.07, 6.45) is 2.74. The van der Waals surface area contributed by atoms with E-state index in [0.29, 0.717) is 19.4 Å². The van der Waals surface area contributed by atoms with E-state index in [1.165, 1.54) is 0 Å². The van der Waals surface area contributed by atoms with E-state index in [9.17, 15) is 9.59 Å². The van der Waals surface area contributed by atoms with Crippen molar-refractivity contribution < 1.29 is 9.59 Å². The average Bonchev–Trinajstić information content (AvgIpc) is 2.36. The number of rotatable bonds is 6. The molecule has 0 aliphatic heterocycles. The van der Waals surface area contributed by atoms with Crippen LogP contribution >= 0.6 is 0 Å². The highest BCUT2D eigenvalue weighted by Gasteiger charge is 2.06. The number of aryl methyl sites for hydroxylation is 1. The SMILES string of the molecule is C[C@@H]([C]=O)NC(=O)CCc1ccc(CN)cc1. The fourth-order valence-corrected chi connectivity index (χ4v) is 1.44. The molecule has 0 saturated heterocycles. The third-order valence-electron chi connectivity index (χ3n) is 2.45. The summed E-state index contributed by atoms with van der Waals surface area (Å²) in [5, 5.41) is 2.54. The molecule has 0 aliphatic rings. The molecule has 0 heterocycles. The smallest absolute Gasteiger partial charge is 0.222 e. The monoisotopic (exact) mass is 233 g/mol. The van der Waals surface area contributed by atoms with E-state index < -0.39 is 6.04 Å². The lowest BCUT2D eigenvalue weighted by Crippen LogP contribution is -2.33. The molecule has 1 amide bonds. The highest BCUT2D eigenvalue weighted by atomic mass is 16.2. The lowest BCUT2D eigenvalue weighted by atomic mass is 10.1. The quantitative estimate of drug-likeness (QED) is 0.759. The van der Waals surface area contributed by atoms with E-state index in [4.69, 9.17) is 5.73 Å². The number of nitrogens with two attached hydrogens (primary N) is 1. The van der Waals surface area contributed by atoms with E-state index in [1.807, 2.05) is 24.3 Å². The molecule has 1 radical (unpaired) electrons. The highest BCUT2D eigenvalue weighted by Crippen LogP contribution is 2.06. The Kier molecular flexibility index (Phi) is 5.36. The number of nitrogens with one attached hydrogen (secondary N) is 1. The summed E-state index contributed by atoms with van der Waals surface area (Å²) in [6, 6.07) is 7.29. The molecule has 17 heavy (non-hydrogen) atoms. The average molecular weight is 233 g/mol. The number of carbonyl (C=O) groups excluding carboxylic acids is 2. The van der Waals surface area contributed by atoms with Crippen LogP contribution < -0.4 is 11.1 Å². The Bertz CT molecular complexity index is 374. The molecular weight excluding hydrogens is 216 g/mol. The van der Waals surface area contributed by atoms with Crippen LogP contribution in [0.1, 0.15) is 24.5 Å². The molecule has 3 N–H and O–H groups in total. The van der Waals surface area contributed by atoms with Crippen molar-refractivity contribution in [1.29, 1.82) is 0 Å². The third-order valence-corrected chi connectivity index (χ3v) is 2.45. The van der Waals surface area contributed by atoms with Gasteiger partial charge in [0, 0.05) is 13.0 Å². The summed E-state index contributed by atoms with van der Waals surface area (Å²) in [4.78, 5) is 21.6. The predicted molar refractivity (Wildman–Crippen MR) is 66.0 cm³/mol. The summed E-state index contributed by atoms with van der Waals surface area (Å²) < 4.78 is 0. The summed E-state index contributed by atoms with van der Waals surface area (Å²) in [7, 11) is 0.